The summed E-state index contributed by atoms with van der Waals surface area (Å²) in [7, 11) is -3.55. The molecule has 8 nitrogen and oxygen atoms in total. The van der Waals surface area contributed by atoms with E-state index in [1.54, 1.807) is 0 Å². The van der Waals surface area contributed by atoms with Gasteiger partial charge in [0.05, 0.1) is 76.4 Å². The molecule has 1 aromatic carbocycles. The Labute approximate surface area is 166 Å². The van der Waals surface area contributed by atoms with Crippen LogP contribution in [0.15, 0.2) is 28.0 Å². The highest BCUT2D eigenvalue weighted by Gasteiger charge is 2.34. The molecule has 11 heteroatoms. The summed E-state index contributed by atoms with van der Waals surface area (Å²) in [5, 5.41) is 0.0445. The Morgan fingerprint density at radius 2 is 1.26 bits per heavy atom. The fraction of sp³-hybridized carbons (Fsp3) is 0.625. The highest BCUT2D eigenvalue weighted by atomic mass is 35.5. The smallest absolute Gasteiger partial charge is 0.245 e. The van der Waals surface area contributed by atoms with E-state index < -0.39 is 20.0 Å². The lowest BCUT2D eigenvalue weighted by Crippen LogP contribution is -3.12. The number of rotatable bonds is 4. The average molecular weight is 439 g/mol. The van der Waals surface area contributed by atoms with Gasteiger partial charge in [0.2, 0.25) is 20.0 Å². The van der Waals surface area contributed by atoms with Crippen molar-refractivity contribution < 1.29 is 26.6 Å². The molecule has 0 unspecified atom stereocenters. The minimum atomic E-state index is -3.84. The minimum absolute atomic E-state index is 0.0234. The summed E-state index contributed by atoms with van der Waals surface area (Å²) in [6, 6.07) is 3.96. The molecule has 2 heterocycles. The highest BCUT2D eigenvalue weighted by molar-refractivity contribution is 7.90. The van der Waals surface area contributed by atoms with Crippen molar-refractivity contribution >= 4 is 31.6 Å². The number of piperazine rings is 2. The molecule has 3 rings (SSSR count). The van der Waals surface area contributed by atoms with Gasteiger partial charge in [-0.3, -0.25) is 0 Å². The van der Waals surface area contributed by atoms with E-state index >= 15 is 0 Å². The predicted octanol–water partition coefficient (Wildman–Crippen LogP) is -2.62. The Morgan fingerprint density at radius 3 is 1.74 bits per heavy atom. The van der Waals surface area contributed by atoms with Crippen molar-refractivity contribution in [2.24, 2.45) is 0 Å². The van der Waals surface area contributed by atoms with Crippen molar-refractivity contribution in [1.29, 1.82) is 0 Å². The number of sulfonamides is 2. The SMILES string of the molecule is C[NH+]1CCN(S(=O)(=O)c2ccc(Cl)c(S(=O)(=O)N3CC[NH+](C)CC3)c2)CC1. The molecule has 152 valence electrons. The second-order valence-corrected chi connectivity index (χ2v) is 11.6. The molecule has 0 aliphatic carbocycles. The van der Waals surface area contributed by atoms with Crippen LogP contribution in [0.3, 0.4) is 0 Å². The van der Waals surface area contributed by atoms with E-state index in [4.69, 9.17) is 11.6 Å². The van der Waals surface area contributed by atoms with Crippen molar-refractivity contribution in [2.75, 3.05) is 66.5 Å². The fourth-order valence-electron chi connectivity index (χ4n) is 3.35. The maximum Gasteiger partial charge on any atom is 0.245 e. The lowest BCUT2D eigenvalue weighted by atomic mass is 10.4. The molecule has 0 aromatic heterocycles. The van der Waals surface area contributed by atoms with Crippen molar-refractivity contribution in [3.8, 4) is 0 Å². The van der Waals surface area contributed by atoms with E-state index in [2.05, 4.69) is 0 Å². The first-order valence-electron chi connectivity index (χ1n) is 9.05. The molecular formula is C16H27ClN4O4S2+2. The molecule has 0 saturated carbocycles. The van der Waals surface area contributed by atoms with Crippen LogP contribution in [0.4, 0.5) is 0 Å². The summed E-state index contributed by atoms with van der Waals surface area (Å²) >= 11 is 6.16. The summed E-state index contributed by atoms with van der Waals surface area (Å²) in [5.74, 6) is 0. The standard InChI is InChI=1S/C16H25ClN4O4S2/c1-18-5-9-20(10-6-18)26(22,23)14-3-4-15(17)16(13-14)27(24,25)21-11-7-19(2)8-12-21/h3-4,13H,5-12H2,1-2H3/p+2. The van der Waals surface area contributed by atoms with Gasteiger partial charge in [0.25, 0.3) is 0 Å². The highest BCUT2D eigenvalue weighted by Crippen LogP contribution is 2.28. The molecule has 2 aliphatic rings. The third-order valence-corrected chi connectivity index (χ3v) is 9.59. The molecule has 27 heavy (non-hydrogen) atoms. The van der Waals surface area contributed by atoms with E-state index in [1.165, 1.54) is 36.6 Å². The molecule has 2 saturated heterocycles. The van der Waals surface area contributed by atoms with Gasteiger partial charge >= 0.3 is 0 Å². The third-order valence-electron chi connectivity index (χ3n) is 5.31. The molecule has 0 spiro atoms. The van der Waals surface area contributed by atoms with Crippen LogP contribution in [-0.2, 0) is 20.0 Å². The molecule has 2 N–H and O–H groups in total. The molecular weight excluding hydrogens is 412 g/mol. The molecule has 0 radical (unpaired) electrons. The lowest BCUT2D eigenvalue weighted by molar-refractivity contribution is -0.883. The fourth-order valence-corrected chi connectivity index (χ4v) is 6.83. The number of benzene rings is 1. The monoisotopic (exact) mass is 438 g/mol. The number of quaternary nitrogens is 2. The van der Waals surface area contributed by atoms with Crippen LogP contribution in [0.5, 0.6) is 0 Å². The van der Waals surface area contributed by atoms with Gasteiger partial charge in [-0.15, -0.1) is 0 Å². The van der Waals surface area contributed by atoms with Crippen LogP contribution in [0.1, 0.15) is 0 Å². The quantitative estimate of drug-likeness (QED) is 0.539. The normalized spacial score (nSPS) is 22.2. The number of likely N-dealkylation sites (N-methyl/N-ethyl adjacent to an activating group) is 2. The molecule has 0 bridgehead atoms. The van der Waals surface area contributed by atoms with Crippen molar-refractivity contribution in [3.63, 3.8) is 0 Å². The van der Waals surface area contributed by atoms with Gasteiger partial charge in [0.1, 0.15) is 4.90 Å². The van der Waals surface area contributed by atoms with Gasteiger partial charge in [-0.1, -0.05) is 11.6 Å². The van der Waals surface area contributed by atoms with Crippen molar-refractivity contribution in [1.82, 2.24) is 8.61 Å². The Hall–Kier alpha value is -0.750. The zero-order valence-electron chi connectivity index (χ0n) is 15.6. The molecule has 0 amide bonds. The Morgan fingerprint density at radius 1 is 0.815 bits per heavy atom. The van der Waals surface area contributed by atoms with Gasteiger partial charge in [-0.05, 0) is 18.2 Å². The predicted molar refractivity (Wildman–Crippen MR) is 102 cm³/mol. The first-order chi connectivity index (χ1) is 12.6. The largest absolute Gasteiger partial charge is 0.335 e. The number of nitrogens with zero attached hydrogens (tertiary/aromatic N) is 2. The zero-order chi connectivity index (χ0) is 19.8. The van der Waals surface area contributed by atoms with Gasteiger partial charge in [0.15, 0.2) is 0 Å². The van der Waals surface area contributed by atoms with Crippen LogP contribution in [0.2, 0.25) is 5.02 Å². The van der Waals surface area contributed by atoms with Crippen molar-refractivity contribution in [3.05, 3.63) is 23.2 Å². The second kappa shape index (κ2) is 7.94. The number of halogens is 1. The van der Waals surface area contributed by atoms with Gasteiger partial charge in [0, 0.05) is 0 Å². The number of hydrogen-bond acceptors (Lipinski definition) is 4. The molecule has 1 aromatic rings. The first kappa shape index (κ1) is 21.0. The van der Waals surface area contributed by atoms with Crippen LogP contribution < -0.4 is 9.80 Å². The average Bonchev–Trinajstić information content (AvgIpc) is 2.62. The second-order valence-electron chi connectivity index (χ2n) is 7.31. The zero-order valence-corrected chi connectivity index (χ0v) is 18.0. The van der Waals surface area contributed by atoms with E-state index in [0.717, 1.165) is 13.1 Å². The minimum Gasteiger partial charge on any atom is -0.335 e. The summed E-state index contributed by atoms with van der Waals surface area (Å²) in [4.78, 5) is 2.38. The van der Waals surface area contributed by atoms with Gasteiger partial charge < -0.3 is 9.80 Å². The summed E-state index contributed by atoms with van der Waals surface area (Å²) in [6.07, 6.45) is 0. The van der Waals surface area contributed by atoms with E-state index in [-0.39, 0.29) is 14.8 Å². The van der Waals surface area contributed by atoms with Gasteiger partial charge in [-0.25, -0.2) is 16.8 Å². The van der Waals surface area contributed by atoms with E-state index in [1.807, 2.05) is 14.1 Å². The maximum atomic E-state index is 13.0. The Kier molecular flexibility index (Phi) is 6.17. The van der Waals surface area contributed by atoms with E-state index in [9.17, 15) is 16.8 Å². The third kappa shape index (κ3) is 4.31. The summed E-state index contributed by atoms with van der Waals surface area (Å²) in [5.41, 5.74) is 0. The van der Waals surface area contributed by atoms with Crippen molar-refractivity contribution in [2.45, 2.75) is 9.79 Å². The molecule has 0 atom stereocenters. The Balaban J connectivity index is 1.92. The van der Waals surface area contributed by atoms with E-state index in [0.29, 0.717) is 39.3 Å². The summed E-state index contributed by atoms with van der Waals surface area (Å²) in [6.45, 7) is 4.48. The first-order valence-corrected chi connectivity index (χ1v) is 12.3. The van der Waals surface area contributed by atoms with Crippen LogP contribution in [0.25, 0.3) is 0 Å². The molecule has 2 fully saturated rings. The van der Waals surface area contributed by atoms with Crippen LogP contribution in [-0.4, -0.2) is 91.9 Å². The lowest BCUT2D eigenvalue weighted by Gasteiger charge is -2.30. The van der Waals surface area contributed by atoms with Crippen LogP contribution in [0, 0.1) is 0 Å². The number of nitrogens with one attached hydrogen (secondary N) is 2. The molecule has 2 aliphatic heterocycles. The Bertz CT molecular complexity index is 891. The van der Waals surface area contributed by atoms with Gasteiger partial charge in [-0.2, -0.15) is 8.61 Å². The maximum absolute atomic E-state index is 13.0. The van der Waals surface area contributed by atoms with Crippen LogP contribution >= 0.6 is 11.6 Å². The number of hydrogen-bond donors (Lipinski definition) is 2. The topological polar surface area (TPSA) is 83.6 Å². The summed E-state index contributed by atoms with van der Waals surface area (Å²) < 4.78 is 54.8.